The number of aliphatic carboxylic acids is 1. The van der Waals surface area contributed by atoms with Crippen LogP contribution in [-0.4, -0.2) is 35.6 Å². The summed E-state index contributed by atoms with van der Waals surface area (Å²) in [5.74, 6) is -1.06. The van der Waals surface area contributed by atoms with E-state index in [9.17, 15) is 18.3 Å². The summed E-state index contributed by atoms with van der Waals surface area (Å²) in [4.78, 5) is 11.6. The Kier molecular flexibility index (Phi) is 5.31. The van der Waals surface area contributed by atoms with Crippen molar-refractivity contribution >= 4 is 51.0 Å². The van der Waals surface area contributed by atoms with E-state index in [-0.39, 0.29) is 10.6 Å². The molecule has 0 spiro atoms. The van der Waals surface area contributed by atoms with Gasteiger partial charge in [0.05, 0.1) is 10.3 Å². The lowest BCUT2D eigenvalue weighted by atomic mass is 10.2. The van der Waals surface area contributed by atoms with Gasteiger partial charge < -0.3 is 5.11 Å². The molecule has 1 aliphatic heterocycles. The molecule has 9 heteroatoms. The lowest BCUT2D eigenvalue weighted by molar-refractivity contribution is -0.140. The molecule has 0 aromatic heterocycles. The zero-order valence-corrected chi connectivity index (χ0v) is 15.8. The zero-order chi connectivity index (χ0) is 18.2. The molecule has 132 valence electrons. The van der Waals surface area contributed by atoms with E-state index in [4.69, 9.17) is 23.2 Å². The van der Waals surface area contributed by atoms with Gasteiger partial charge in [-0.1, -0.05) is 41.4 Å². The zero-order valence-electron chi connectivity index (χ0n) is 12.7. The Labute approximate surface area is 159 Å². The molecule has 1 N–H and O–H groups in total. The Bertz CT molecular complexity index is 903. The quantitative estimate of drug-likeness (QED) is 0.816. The molecule has 0 amide bonds. The molecule has 0 radical (unpaired) electrons. The normalized spacial score (nSPS) is 21.4. The summed E-state index contributed by atoms with van der Waals surface area (Å²) in [6.07, 6.45) is 0. The molecule has 2 atom stereocenters. The van der Waals surface area contributed by atoms with Crippen LogP contribution in [0.3, 0.4) is 0 Å². The second kappa shape index (κ2) is 7.17. The van der Waals surface area contributed by atoms with E-state index >= 15 is 0 Å². The number of halogens is 2. The Morgan fingerprint density at radius 1 is 1.12 bits per heavy atom. The van der Waals surface area contributed by atoms with E-state index in [1.807, 2.05) is 0 Å². The number of carboxylic acids is 1. The predicted octanol–water partition coefficient (Wildman–Crippen LogP) is 3.88. The summed E-state index contributed by atoms with van der Waals surface area (Å²) in [6, 6.07) is 11.3. The van der Waals surface area contributed by atoms with Crippen LogP contribution in [0.2, 0.25) is 10.0 Å². The third-order valence-corrected chi connectivity index (χ3v) is 7.72. The number of carbonyl (C=O) groups is 1. The van der Waals surface area contributed by atoms with Gasteiger partial charge in [0.1, 0.15) is 6.04 Å². The second-order valence-corrected chi connectivity index (χ2v) is 9.15. The van der Waals surface area contributed by atoms with Crippen molar-refractivity contribution in [3.63, 3.8) is 0 Å². The van der Waals surface area contributed by atoms with Crippen molar-refractivity contribution in [2.24, 2.45) is 0 Å². The van der Waals surface area contributed by atoms with E-state index in [1.54, 1.807) is 24.3 Å². The van der Waals surface area contributed by atoms with E-state index < -0.39 is 27.4 Å². The Morgan fingerprint density at radius 2 is 1.76 bits per heavy atom. The molecule has 2 aromatic carbocycles. The maximum atomic E-state index is 13.1. The molecule has 5 nitrogen and oxygen atoms in total. The van der Waals surface area contributed by atoms with Crippen molar-refractivity contribution in [1.29, 1.82) is 0 Å². The first-order valence-corrected chi connectivity index (χ1v) is 10.4. The molecule has 1 saturated heterocycles. The molecule has 25 heavy (non-hydrogen) atoms. The summed E-state index contributed by atoms with van der Waals surface area (Å²) < 4.78 is 27.3. The van der Waals surface area contributed by atoms with Crippen LogP contribution in [0.1, 0.15) is 10.9 Å². The fraction of sp³-hybridized carbons (Fsp3) is 0.188. The van der Waals surface area contributed by atoms with Crippen molar-refractivity contribution in [2.45, 2.75) is 16.3 Å². The molecule has 3 rings (SSSR count). The molecule has 0 bridgehead atoms. The second-order valence-electron chi connectivity index (χ2n) is 5.35. The summed E-state index contributed by atoms with van der Waals surface area (Å²) in [5, 5.41) is 9.57. The minimum absolute atomic E-state index is 0.0114. The minimum Gasteiger partial charge on any atom is -0.480 e. The van der Waals surface area contributed by atoms with Gasteiger partial charge in [-0.05, 0) is 35.9 Å². The maximum absolute atomic E-state index is 13.1. The van der Waals surface area contributed by atoms with Gasteiger partial charge >= 0.3 is 5.97 Å². The van der Waals surface area contributed by atoms with Gasteiger partial charge in [-0.3, -0.25) is 4.79 Å². The average molecular weight is 418 g/mol. The number of sulfonamides is 1. The molecular formula is C16H13Cl2NO4S2. The molecule has 1 aliphatic rings. The highest BCUT2D eigenvalue weighted by molar-refractivity contribution is 8.01. The first-order valence-electron chi connectivity index (χ1n) is 7.20. The Morgan fingerprint density at radius 3 is 2.36 bits per heavy atom. The predicted molar refractivity (Wildman–Crippen MR) is 98.6 cm³/mol. The van der Waals surface area contributed by atoms with Crippen molar-refractivity contribution in [3.8, 4) is 0 Å². The van der Waals surface area contributed by atoms with Gasteiger partial charge in [-0.25, -0.2) is 8.42 Å². The smallest absolute Gasteiger partial charge is 0.322 e. The number of thioether (sulfide) groups is 1. The lowest BCUT2D eigenvalue weighted by Crippen LogP contribution is -2.42. The highest BCUT2D eigenvalue weighted by Crippen LogP contribution is 2.46. The minimum atomic E-state index is -4.05. The van der Waals surface area contributed by atoms with Gasteiger partial charge in [-0.15, -0.1) is 11.8 Å². The molecule has 1 heterocycles. The standard InChI is InChI=1S/C16H13Cl2NO4S2/c17-10-5-7-11(8-6-10)25(22,23)19-14(16(20)21)9-24-15(19)12-3-1-2-4-13(12)18/h1-8,14-15H,9H2,(H,20,21). The number of benzene rings is 2. The lowest BCUT2D eigenvalue weighted by Gasteiger charge is -2.27. The monoisotopic (exact) mass is 417 g/mol. The van der Waals surface area contributed by atoms with Crippen LogP contribution in [0, 0.1) is 0 Å². The van der Waals surface area contributed by atoms with Gasteiger partial charge in [0, 0.05) is 15.8 Å². The van der Waals surface area contributed by atoms with Crippen molar-refractivity contribution < 1.29 is 18.3 Å². The fourth-order valence-electron chi connectivity index (χ4n) is 2.60. The van der Waals surface area contributed by atoms with Crippen LogP contribution in [0.15, 0.2) is 53.4 Å². The van der Waals surface area contributed by atoms with Crippen LogP contribution in [-0.2, 0) is 14.8 Å². The Balaban J connectivity index is 2.11. The van der Waals surface area contributed by atoms with E-state index in [2.05, 4.69) is 0 Å². The SMILES string of the molecule is O=C(O)C1CSC(c2ccccc2Cl)N1S(=O)(=O)c1ccc(Cl)cc1. The Hall–Kier alpha value is -1.25. The van der Waals surface area contributed by atoms with Crippen LogP contribution < -0.4 is 0 Å². The first kappa shape index (κ1) is 18.5. The average Bonchev–Trinajstić information content (AvgIpc) is 3.01. The molecular weight excluding hydrogens is 405 g/mol. The van der Waals surface area contributed by atoms with E-state index in [0.29, 0.717) is 15.6 Å². The van der Waals surface area contributed by atoms with Crippen LogP contribution in [0.5, 0.6) is 0 Å². The van der Waals surface area contributed by atoms with Crippen molar-refractivity contribution in [1.82, 2.24) is 4.31 Å². The maximum Gasteiger partial charge on any atom is 0.322 e. The molecule has 2 unspecified atom stereocenters. The molecule has 0 saturated carbocycles. The van der Waals surface area contributed by atoms with Gasteiger partial charge in [0.15, 0.2) is 0 Å². The highest BCUT2D eigenvalue weighted by Gasteiger charge is 2.47. The highest BCUT2D eigenvalue weighted by atomic mass is 35.5. The fourth-order valence-corrected chi connectivity index (χ4v) is 6.58. The topological polar surface area (TPSA) is 74.7 Å². The first-order chi connectivity index (χ1) is 11.8. The van der Waals surface area contributed by atoms with E-state index in [1.165, 1.54) is 36.0 Å². The summed E-state index contributed by atoms with van der Waals surface area (Å²) in [6.45, 7) is 0. The summed E-state index contributed by atoms with van der Waals surface area (Å²) >= 11 is 13.3. The molecule has 0 aliphatic carbocycles. The van der Waals surface area contributed by atoms with E-state index in [0.717, 1.165) is 4.31 Å². The summed E-state index contributed by atoms with van der Waals surface area (Å²) in [7, 11) is -4.05. The number of carboxylic acid groups (broad SMARTS) is 1. The molecule has 1 fully saturated rings. The van der Waals surface area contributed by atoms with Gasteiger partial charge in [-0.2, -0.15) is 4.31 Å². The van der Waals surface area contributed by atoms with Crippen LogP contribution in [0.4, 0.5) is 0 Å². The number of hydrogen-bond acceptors (Lipinski definition) is 4. The van der Waals surface area contributed by atoms with Gasteiger partial charge in [0.25, 0.3) is 0 Å². The van der Waals surface area contributed by atoms with Gasteiger partial charge in [0.2, 0.25) is 10.0 Å². The number of hydrogen-bond donors (Lipinski definition) is 1. The third kappa shape index (κ3) is 3.52. The van der Waals surface area contributed by atoms with Crippen LogP contribution in [0.25, 0.3) is 0 Å². The van der Waals surface area contributed by atoms with Crippen LogP contribution >= 0.6 is 35.0 Å². The molecule has 2 aromatic rings. The number of rotatable bonds is 4. The van der Waals surface area contributed by atoms with Crippen molar-refractivity contribution in [3.05, 3.63) is 64.1 Å². The third-order valence-electron chi connectivity index (χ3n) is 3.80. The largest absolute Gasteiger partial charge is 0.480 e. The van der Waals surface area contributed by atoms with Crippen molar-refractivity contribution in [2.75, 3.05) is 5.75 Å². The summed E-state index contributed by atoms with van der Waals surface area (Å²) in [5.41, 5.74) is 0.565. The number of nitrogens with zero attached hydrogens (tertiary/aromatic N) is 1.